The Hall–Kier alpha value is -1.46. The highest BCUT2D eigenvalue weighted by molar-refractivity contribution is 8.06. The standard InChI is InChI=1S/C28H24S4.2ClHO4/c1-19(31-25-15-7-3-11-21(25)29-22-12-4-8-16-26(22)31)20(2)32-27-17-9-5-13-23(27)30-24-14-6-10-18-28(24)32;2*2-1(3,4)5/h3-20H,1-2H3;2*(H,2,3,4,5)/q+2;;/p-2/t19-,20+;;. The molecule has 2 heterocycles. The van der Waals surface area contributed by atoms with Gasteiger partial charge in [-0.3, -0.25) is 0 Å². The second-order valence-electron chi connectivity index (χ2n) is 8.83. The zero-order valence-electron chi connectivity index (χ0n) is 22.0. The van der Waals surface area contributed by atoms with E-state index in [9.17, 15) is 0 Å². The van der Waals surface area contributed by atoms with Gasteiger partial charge in [-0.05, 0) is 62.4 Å². The largest absolute Gasteiger partial charge is 0.222 e. The van der Waals surface area contributed by atoms with Gasteiger partial charge in [0, 0.05) is 0 Å². The molecule has 0 aliphatic carbocycles. The first-order valence-electron chi connectivity index (χ1n) is 12.1. The lowest BCUT2D eigenvalue weighted by molar-refractivity contribution is -2.00. The van der Waals surface area contributed by atoms with E-state index >= 15 is 0 Å². The first kappa shape index (κ1) is 33.4. The summed E-state index contributed by atoms with van der Waals surface area (Å²) in [5.41, 5.74) is 0. The van der Waals surface area contributed by atoms with Gasteiger partial charge in [0.1, 0.15) is 0 Å². The predicted octanol–water partition coefficient (Wildman–Crippen LogP) is -1.35. The van der Waals surface area contributed by atoms with E-state index in [4.69, 9.17) is 37.3 Å². The summed E-state index contributed by atoms with van der Waals surface area (Å²) in [6, 6.07) is 36.3. The molecule has 14 heteroatoms. The molecule has 222 valence electrons. The van der Waals surface area contributed by atoms with E-state index in [-0.39, 0.29) is 21.8 Å². The van der Waals surface area contributed by atoms with Crippen LogP contribution in [0.5, 0.6) is 0 Å². The molecule has 0 unspecified atom stereocenters. The molecular formula is C28H24Cl2O8S4. The summed E-state index contributed by atoms with van der Waals surface area (Å²) in [7, 11) is -9.78. The summed E-state index contributed by atoms with van der Waals surface area (Å²) in [5.74, 6) is 0. The SMILES string of the molecule is C[C@H]([C@H](C)[S+]1c2ccccc2Sc2ccccc21)[S+]1c2ccccc2Sc2ccccc21.[O-][Cl+3]([O-])([O-])[O-].[O-][Cl+3]([O-])([O-])[O-]. The Labute approximate surface area is 262 Å². The molecule has 8 nitrogen and oxygen atoms in total. The second kappa shape index (κ2) is 14.1. The molecule has 0 aromatic heterocycles. The molecule has 0 radical (unpaired) electrons. The van der Waals surface area contributed by atoms with Crippen LogP contribution in [0.3, 0.4) is 0 Å². The highest BCUT2D eigenvalue weighted by Crippen LogP contribution is 2.51. The van der Waals surface area contributed by atoms with Crippen molar-refractivity contribution in [1.82, 2.24) is 0 Å². The zero-order chi connectivity index (χ0) is 30.7. The van der Waals surface area contributed by atoms with Crippen molar-refractivity contribution in [3.05, 3.63) is 97.1 Å². The third kappa shape index (κ3) is 8.80. The van der Waals surface area contributed by atoms with E-state index in [1.807, 2.05) is 23.5 Å². The molecule has 2 aliphatic heterocycles. The van der Waals surface area contributed by atoms with Crippen molar-refractivity contribution in [2.24, 2.45) is 0 Å². The van der Waals surface area contributed by atoms with Crippen molar-refractivity contribution in [2.75, 3.05) is 0 Å². The third-order valence-corrected chi connectivity index (χ3v) is 14.8. The van der Waals surface area contributed by atoms with Crippen molar-refractivity contribution < 1.29 is 57.8 Å². The fourth-order valence-corrected chi connectivity index (χ4v) is 13.4. The van der Waals surface area contributed by atoms with Crippen LogP contribution in [0.4, 0.5) is 0 Å². The van der Waals surface area contributed by atoms with Gasteiger partial charge < -0.3 is 0 Å². The van der Waals surface area contributed by atoms with Crippen LogP contribution < -0.4 is 37.3 Å². The highest BCUT2D eigenvalue weighted by Gasteiger charge is 2.51. The molecule has 2 aliphatic rings. The fraction of sp³-hybridized carbons (Fsp3) is 0.143. The summed E-state index contributed by atoms with van der Waals surface area (Å²) < 4.78 is 67.9. The summed E-state index contributed by atoms with van der Waals surface area (Å²) in [6.45, 7) is 4.99. The van der Waals surface area contributed by atoms with Gasteiger partial charge in [-0.15, -0.1) is 20.5 Å². The second-order valence-corrected chi connectivity index (χ2v) is 17.1. The topological polar surface area (TPSA) is 184 Å². The van der Waals surface area contributed by atoms with Crippen LogP contribution in [0, 0.1) is 20.5 Å². The first-order chi connectivity index (χ1) is 19.7. The van der Waals surface area contributed by atoms with Crippen LogP contribution in [0.1, 0.15) is 13.8 Å². The minimum absolute atomic E-state index is 0.0547. The normalized spacial score (nSPS) is 15.8. The van der Waals surface area contributed by atoms with E-state index in [0.717, 1.165) is 0 Å². The van der Waals surface area contributed by atoms with Crippen molar-refractivity contribution in [3.63, 3.8) is 0 Å². The van der Waals surface area contributed by atoms with Gasteiger partial charge in [0.2, 0.25) is 0 Å². The van der Waals surface area contributed by atoms with E-state index in [1.54, 1.807) is 0 Å². The lowest BCUT2D eigenvalue weighted by atomic mass is 10.3. The molecule has 2 atom stereocenters. The van der Waals surface area contributed by atoms with Gasteiger partial charge in [0.25, 0.3) is 0 Å². The zero-order valence-corrected chi connectivity index (χ0v) is 26.8. The van der Waals surface area contributed by atoms with Crippen LogP contribution in [-0.4, -0.2) is 10.5 Å². The number of hydrogen-bond acceptors (Lipinski definition) is 10. The molecule has 0 bridgehead atoms. The molecule has 6 rings (SSSR count). The smallest absolute Gasteiger partial charge is 0.175 e. The van der Waals surface area contributed by atoms with Gasteiger partial charge in [-0.2, -0.15) is 0 Å². The van der Waals surface area contributed by atoms with Gasteiger partial charge in [0.05, 0.1) is 41.4 Å². The van der Waals surface area contributed by atoms with Crippen molar-refractivity contribution >= 4 is 45.3 Å². The average molecular weight is 688 g/mol. The van der Waals surface area contributed by atoms with Crippen LogP contribution in [0.15, 0.2) is 136 Å². The van der Waals surface area contributed by atoms with Gasteiger partial charge in [0.15, 0.2) is 30.1 Å². The number of benzene rings is 4. The minimum atomic E-state index is -4.94. The number of halogens is 2. The molecule has 4 aromatic rings. The number of hydrogen-bond donors (Lipinski definition) is 0. The first-order valence-corrected chi connectivity index (χ1v) is 18.8. The lowest BCUT2D eigenvalue weighted by Gasteiger charge is -2.28. The van der Waals surface area contributed by atoms with Gasteiger partial charge in [-0.25, -0.2) is 37.3 Å². The maximum absolute atomic E-state index is 8.49. The van der Waals surface area contributed by atoms with E-state index < -0.39 is 20.5 Å². The molecule has 42 heavy (non-hydrogen) atoms. The molecule has 0 fully saturated rings. The molecule has 0 saturated carbocycles. The summed E-state index contributed by atoms with van der Waals surface area (Å²) in [4.78, 5) is 11.8. The quantitative estimate of drug-likeness (QED) is 0.234. The van der Waals surface area contributed by atoms with E-state index in [1.165, 1.54) is 39.2 Å². The van der Waals surface area contributed by atoms with E-state index in [2.05, 4.69) is 111 Å². The Bertz CT molecular complexity index is 1300. The number of rotatable bonds is 3. The average Bonchev–Trinajstić information content (AvgIpc) is 2.92. The van der Waals surface area contributed by atoms with Crippen LogP contribution in [0.25, 0.3) is 0 Å². The Balaban J connectivity index is 0.000000352. The van der Waals surface area contributed by atoms with Gasteiger partial charge in [-0.1, -0.05) is 72.1 Å². The predicted molar refractivity (Wildman–Crippen MR) is 141 cm³/mol. The Kier molecular flexibility index (Phi) is 11.2. The molecular weight excluding hydrogens is 663 g/mol. The van der Waals surface area contributed by atoms with Crippen molar-refractivity contribution in [1.29, 1.82) is 0 Å². The molecule has 0 saturated heterocycles. The Morgan fingerprint density at radius 2 is 0.619 bits per heavy atom. The molecule has 4 aromatic carbocycles. The number of fused-ring (bicyclic) bond motifs is 4. The lowest BCUT2D eigenvalue weighted by Crippen LogP contribution is -2.68. The van der Waals surface area contributed by atoms with E-state index in [0.29, 0.717) is 10.5 Å². The highest BCUT2D eigenvalue weighted by atomic mass is 35.7. The fourth-order valence-electron chi connectivity index (χ4n) is 4.52. The van der Waals surface area contributed by atoms with Crippen LogP contribution in [0.2, 0.25) is 0 Å². The minimum Gasteiger partial charge on any atom is -0.222 e. The van der Waals surface area contributed by atoms with Crippen LogP contribution in [-0.2, 0) is 21.8 Å². The van der Waals surface area contributed by atoms with Crippen molar-refractivity contribution in [3.8, 4) is 0 Å². The molecule has 0 spiro atoms. The summed E-state index contributed by atoms with van der Waals surface area (Å²) in [5, 5.41) is 1.07. The van der Waals surface area contributed by atoms with Crippen molar-refractivity contribution in [2.45, 2.75) is 63.5 Å². The Morgan fingerprint density at radius 3 is 0.833 bits per heavy atom. The monoisotopic (exact) mass is 686 g/mol. The maximum atomic E-state index is 8.49. The Morgan fingerprint density at radius 1 is 0.429 bits per heavy atom. The van der Waals surface area contributed by atoms with Crippen LogP contribution >= 0.6 is 23.5 Å². The summed E-state index contributed by atoms with van der Waals surface area (Å²) in [6.07, 6.45) is 0. The maximum Gasteiger partial charge on any atom is 0.175 e. The molecule has 0 N–H and O–H groups in total. The van der Waals surface area contributed by atoms with Gasteiger partial charge >= 0.3 is 0 Å². The summed E-state index contributed by atoms with van der Waals surface area (Å²) >= 11 is 3.87. The molecule has 0 amide bonds. The third-order valence-electron chi connectivity index (χ3n) is 6.19.